The quantitative estimate of drug-likeness (QED) is 0.889. The maximum atomic E-state index is 11.3. The molecule has 0 radical (unpaired) electrons. The van der Waals surface area contributed by atoms with Crippen molar-refractivity contribution in [3.63, 3.8) is 0 Å². The average molecular weight is 299 g/mol. The third-order valence-electron chi connectivity index (χ3n) is 3.59. The minimum atomic E-state index is -0.407. The predicted octanol–water partition coefficient (Wildman–Crippen LogP) is 3.38. The van der Waals surface area contributed by atoms with E-state index in [0.29, 0.717) is 6.54 Å². The van der Waals surface area contributed by atoms with Gasteiger partial charge in [-0.25, -0.2) is 4.79 Å². The molecule has 0 aliphatic carbocycles. The summed E-state index contributed by atoms with van der Waals surface area (Å²) in [5.41, 5.74) is 2.39. The lowest BCUT2D eigenvalue weighted by molar-refractivity contribution is 0.170. The van der Waals surface area contributed by atoms with E-state index in [9.17, 15) is 4.79 Å². The van der Waals surface area contributed by atoms with Crippen molar-refractivity contribution < 1.29 is 14.3 Å². The monoisotopic (exact) mass is 299 g/mol. The summed E-state index contributed by atoms with van der Waals surface area (Å²) in [6.45, 7) is 0.530. The Labute approximate surface area is 131 Å². The number of nitrogens with one attached hydrogen (secondary N) is 1. The van der Waals surface area contributed by atoms with Crippen LogP contribution in [0.25, 0.3) is 0 Å². The fraction of sp³-hybridized carbons (Fsp3) is 0.278. The molecule has 2 aromatic carbocycles. The molecular formula is C18H21NO3. The number of alkyl carbamates (subject to hydrolysis) is 1. The fourth-order valence-corrected chi connectivity index (χ4v) is 2.36. The van der Waals surface area contributed by atoms with Gasteiger partial charge in [0.1, 0.15) is 5.75 Å². The first-order valence-electron chi connectivity index (χ1n) is 7.22. The van der Waals surface area contributed by atoms with Gasteiger partial charge in [-0.05, 0) is 29.7 Å². The molecule has 1 amide bonds. The molecule has 0 aromatic heterocycles. The second kappa shape index (κ2) is 8.08. The Bertz CT molecular complexity index is 581. The van der Waals surface area contributed by atoms with E-state index in [-0.39, 0.29) is 5.92 Å². The smallest absolute Gasteiger partial charge is 0.406 e. The van der Waals surface area contributed by atoms with E-state index in [4.69, 9.17) is 4.74 Å². The highest BCUT2D eigenvalue weighted by Gasteiger charge is 2.14. The summed E-state index contributed by atoms with van der Waals surface area (Å²) >= 11 is 0. The number of amides is 1. The van der Waals surface area contributed by atoms with Gasteiger partial charge in [-0.15, -0.1) is 0 Å². The van der Waals surface area contributed by atoms with Crippen molar-refractivity contribution in [2.45, 2.75) is 12.3 Å². The summed E-state index contributed by atoms with van der Waals surface area (Å²) in [7, 11) is 3.03. The first kappa shape index (κ1) is 15.9. The van der Waals surface area contributed by atoms with E-state index in [2.05, 4.69) is 22.2 Å². The minimum Gasteiger partial charge on any atom is -0.497 e. The minimum absolute atomic E-state index is 0.189. The number of methoxy groups -OCH3 is 2. The zero-order valence-corrected chi connectivity index (χ0v) is 12.9. The van der Waals surface area contributed by atoms with Gasteiger partial charge >= 0.3 is 6.09 Å². The van der Waals surface area contributed by atoms with Gasteiger partial charge < -0.3 is 14.8 Å². The molecule has 0 fully saturated rings. The molecule has 1 N–H and O–H groups in total. The van der Waals surface area contributed by atoms with Crippen LogP contribution in [0.3, 0.4) is 0 Å². The van der Waals surface area contributed by atoms with Crippen LogP contribution in [0, 0.1) is 0 Å². The van der Waals surface area contributed by atoms with E-state index in [1.54, 1.807) is 7.11 Å². The summed E-state index contributed by atoms with van der Waals surface area (Å²) < 4.78 is 9.83. The zero-order valence-electron chi connectivity index (χ0n) is 12.9. The van der Waals surface area contributed by atoms with Gasteiger partial charge in [0.25, 0.3) is 0 Å². The molecule has 0 heterocycles. The van der Waals surface area contributed by atoms with Gasteiger partial charge in [0.2, 0.25) is 0 Å². The highest BCUT2D eigenvalue weighted by Crippen LogP contribution is 2.22. The van der Waals surface area contributed by atoms with Crippen molar-refractivity contribution in [2.24, 2.45) is 0 Å². The molecule has 0 aliphatic heterocycles. The second-order valence-electron chi connectivity index (χ2n) is 5.03. The van der Waals surface area contributed by atoms with Crippen LogP contribution >= 0.6 is 0 Å². The SMILES string of the molecule is COC(=O)NCC(Cc1ccc(OC)cc1)c1ccccc1. The second-order valence-corrected chi connectivity index (χ2v) is 5.03. The molecule has 1 unspecified atom stereocenters. The Kier molecular flexibility index (Phi) is 5.83. The Balaban J connectivity index is 2.11. The Morgan fingerprint density at radius 1 is 1.05 bits per heavy atom. The summed E-state index contributed by atoms with van der Waals surface area (Å²) in [4.78, 5) is 11.3. The van der Waals surface area contributed by atoms with Gasteiger partial charge in [-0.2, -0.15) is 0 Å². The molecule has 0 saturated heterocycles. The van der Waals surface area contributed by atoms with Crippen molar-refractivity contribution in [2.75, 3.05) is 20.8 Å². The number of carbonyl (C=O) groups is 1. The lowest BCUT2D eigenvalue weighted by Gasteiger charge is -2.18. The lowest BCUT2D eigenvalue weighted by atomic mass is 9.92. The number of rotatable bonds is 6. The number of ether oxygens (including phenoxy) is 2. The average Bonchev–Trinajstić information content (AvgIpc) is 2.59. The van der Waals surface area contributed by atoms with Gasteiger partial charge in [0.15, 0.2) is 0 Å². The molecule has 4 heteroatoms. The maximum Gasteiger partial charge on any atom is 0.406 e. The zero-order chi connectivity index (χ0) is 15.8. The first-order valence-corrected chi connectivity index (χ1v) is 7.22. The van der Waals surface area contributed by atoms with Crippen LogP contribution in [0.2, 0.25) is 0 Å². The third-order valence-corrected chi connectivity index (χ3v) is 3.59. The summed E-state index contributed by atoms with van der Waals surface area (Å²) in [6.07, 6.45) is 0.425. The molecule has 2 aromatic rings. The number of hydrogen-bond acceptors (Lipinski definition) is 3. The first-order chi connectivity index (χ1) is 10.7. The summed E-state index contributed by atoms with van der Waals surface area (Å²) in [5.74, 6) is 1.03. The molecule has 1 atom stereocenters. The topological polar surface area (TPSA) is 47.6 Å². The maximum absolute atomic E-state index is 11.3. The normalized spacial score (nSPS) is 11.5. The van der Waals surface area contributed by atoms with Crippen LogP contribution in [0.15, 0.2) is 54.6 Å². The molecule has 0 saturated carbocycles. The fourth-order valence-electron chi connectivity index (χ4n) is 2.36. The van der Waals surface area contributed by atoms with Crippen molar-refractivity contribution in [3.8, 4) is 5.75 Å². The van der Waals surface area contributed by atoms with Gasteiger partial charge in [-0.3, -0.25) is 0 Å². The van der Waals surface area contributed by atoms with E-state index < -0.39 is 6.09 Å². The van der Waals surface area contributed by atoms with E-state index >= 15 is 0 Å². The molecular weight excluding hydrogens is 278 g/mol. The van der Waals surface area contributed by atoms with Gasteiger partial charge in [0, 0.05) is 12.5 Å². The third kappa shape index (κ3) is 4.52. The lowest BCUT2D eigenvalue weighted by Crippen LogP contribution is -2.29. The molecule has 0 spiro atoms. The van der Waals surface area contributed by atoms with Crippen molar-refractivity contribution in [1.29, 1.82) is 0 Å². The van der Waals surface area contributed by atoms with Crippen LogP contribution in [0.5, 0.6) is 5.75 Å². The Morgan fingerprint density at radius 2 is 1.73 bits per heavy atom. The van der Waals surface area contributed by atoms with E-state index in [1.165, 1.54) is 18.2 Å². The predicted molar refractivity (Wildman–Crippen MR) is 86.3 cm³/mol. The Morgan fingerprint density at radius 3 is 2.32 bits per heavy atom. The van der Waals surface area contributed by atoms with Crippen LogP contribution in [0.1, 0.15) is 17.0 Å². The van der Waals surface area contributed by atoms with Crippen LogP contribution in [0.4, 0.5) is 4.79 Å². The number of hydrogen-bond donors (Lipinski definition) is 1. The number of benzene rings is 2. The summed E-state index contributed by atoms with van der Waals surface area (Å²) in [6, 6.07) is 18.2. The molecule has 2 rings (SSSR count). The van der Waals surface area contributed by atoms with Crippen LogP contribution < -0.4 is 10.1 Å². The highest BCUT2D eigenvalue weighted by molar-refractivity contribution is 5.66. The van der Waals surface area contributed by atoms with E-state index in [0.717, 1.165) is 12.2 Å². The Hall–Kier alpha value is -2.49. The standard InChI is InChI=1S/C18H21NO3/c1-21-17-10-8-14(9-11-17)12-16(13-19-18(20)22-2)15-6-4-3-5-7-15/h3-11,16H,12-13H2,1-2H3,(H,19,20). The van der Waals surface area contributed by atoms with Crippen LogP contribution in [-0.4, -0.2) is 26.9 Å². The molecule has 22 heavy (non-hydrogen) atoms. The van der Waals surface area contributed by atoms with Gasteiger partial charge in [0.05, 0.1) is 14.2 Å². The van der Waals surface area contributed by atoms with Gasteiger partial charge in [-0.1, -0.05) is 42.5 Å². The molecule has 4 nitrogen and oxygen atoms in total. The largest absolute Gasteiger partial charge is 0.497 e. The summed E-state index contributed by atoms with van der Waals surface area (Å²) in [5, 5.41) is 2.79. The van der Waals surface area contributed by atoms with Crippen molar-refractivity contribution in [3.05, 3.63) is 65.7 Å². The molecule has 0 aliphatic rings. The molecule has 0 bridgehead atoms. The highest BCUT2D eigenvalue weighted by atomic mass is 16.5. The molecule has 116 valence electrons. The number of carbonyl (C=O) groups excluding carboxylic acids is 1. The van der Waals surface area contributed by atoms with Crippen molar-refractivity contribution in [1.82, 2.24) is 5.32 Å². The van der Waals surface area contributed by atoms with Crippen LogP contribution in [-0.2, 0) is 11.2 Å². The van der Waals surface area contributed by atoms with E-state index in [1.807, 2.05) is 42.5 Å². The van der Waals surface area contributed by atoms with Crippen molar-refractivity contribution >= 4 is 6.09 Å².